The highest BCUT2D eigenvalue weighted by Gasteiger charge is 2.24. The fourth-order valence-electron chi connectivity index (χ4n) is 2.02. The van der Waals surface area contributed by atoms with E-state index in [2.05, 4.69) is 4.98 Å². The van der Waals surface area contributed by atoms with Crippen molar-refractivity contribution in [3.8, 4) is 0 Å². The maximum absolute atomic E-state index is 10.9. The fourth-order valence-corrected chi connectivity index (χ4v) is 3.12. The van der Waals surface area contributed by atoms with Crippen molar-refractivity contribution in [1.82, 2.24) is 4.98 Å². The van der Waals surface area contributed by atoms with E-state index >= 15 is 0 Å². The Morgan fingerprint density at radius 2 is 2.20 bits per heavy atom. The molecule has 0 aliphatic heterocycles. The monoisotopic (exact) mass is 226 g/mol. The van der Waals surface area contributed by atoms with Crippen molar-refractivity contribution in [3.63, 3.8) is 0 Å². The first kappa shape index (κ1) is 10.6. The van der Waals surface area contributed by atoms with Gasteiger partial charge in [0.15, 0.2) is 0 Å². The number of aromatic carboxylic acids is 1. The van der Waals surface area contributed by atoms with Gasteiger partial charge >= 0.3 is 5.97 Å². The zero-order chi connectivity index (χ0) is 10.8. The first-order chi connectivity index (χ1) is 7.22. The van der Waals surface area contributed by atoms with Crippen LogP contribution in [0.3, 0.4) is 0 Å². The minimum absolute atomic E-state index is 0.213. The lowest BCUT2D eigenvalue weighted by Gasteiger charge is -2.02. The molecule has 1 heterocycles. The van der Waals surface area contributed by atoms with Crippen molar-refractivity contribution < 1.29 is 9.90 Å². The number of hydrogen-bond donors (Lipinski definition) is 2. The van der Waals surface area contributed by atoms with E-state index in [4.69, 9.17) is 10.8 Å². The van der Waals surface area contributed by atoms with Gasteiger partial charge in [0.1, 0.15) is 4.88 Å². The van der Waals surface area contributed by atoms with Gasteiger partial charge in [-0.25, -0.2) is 9.78 Å². The molecule has 0 bridgehead atoms. The van der Waals surface area contributed by atoms with Gasteiger partial charge in [-0.2, -0.15) is 0 Å². The van der Waals surface area contributed by atoms with Crippen LogP contribution in [0.2, 0.25) is 0 Å². The lowest BCUT2D eigenvalue weighted by atomic mass is 10.1. The van der Waals surface area contributed by atoms with Gasteiger partial charge in [-0.3, -0.25) is 0 Å². The summed E-state index contributed by atoms with van der Waals surface area (Å²) in [5.74, 6) is -0.439. The molecule has 1 aliphatic carbocycles. The van der Waals surface area contributed by atoms with Crippen LogP contribution < -0.4 is 5.73 Å². The molecular formula is C10H14N2O2S. The topological polar surface area (TPSA) is 76.2 Å². The largest absolute Gasteiger partial charge is 0.477 e. The summed E-state index contributed by atoms with van der Waals surface area (Å²) in [5.41, 5.74) is 6.02. The number of nitrogens with two attached hydrogens (primary N) is 1. The summed E-state index contributed by atoms with van der Waals surface area (Å²) in [6, 6.07) is 0. The number of carboxylic acids is 1. The molecule has 1 aromatic rings. The third kappa shape index (κ3) is 2.03. The maximum Gasteiger partial charge on any atom is 0.347 e. The van der Waals surface area contributed by atoms with Gasteiger partial charge in [-0.1, -0.05) is 12.8 Å². The van der Waals surface area contributed by atoms with Gasteiger partial charge in [0.2, 0.25) is 0 Å². The summed E-state index contributed by atoms with van der Waals surface area (Å²) in [6.45, 7) is 0.213. The Kier molecular flexibility index (Phi) is 3.02. The molecule has 82 valence electrons. The van der Waals surface area contributed by atoms with E-state index < -0.39 is 5.97 Å². The van der Waals surface area contributed by atoms with E-state index in [9.17, 15) is 4.79 Å². The van der Waals surface area contributed by atoms with Crippen molar-refractivity contribution in [2.24, 2.45) is 5.73 Å². The average Bonchev–Trinajstić information content (AvgIpc) is 2.86. The molecule has 3 N–H and O–H groups in total. The van der Waals surface area contributed by atoms with Crippen molar-refractivity contribution in [2.45, 2.75) is 38.1 Å². The highest BCUT2D eigenvalue weighted by atomic mass is 32.1. The first-order valence-corrected chi connectivity index (χ1v) is 5.97. The molecular weight excluding hydrogens is 212 g/mol. The van der Waals surface area contributed by atoms with Gasteiger partial charge in [0, 0.05) is 12.5 Å². The summed E-state index contributed by atoms with van der Waals surface area (Å²) in [6.07, 6.45) is 4.72. The molecule has 1 aromatic heterocycles. The smallest absolute Gasteiger partial charge is 0.347 e. The number of aromatic nitrogens is 1. The summed E-state index contributed by atoms with van der Waals surface area (Å²) >= 11 is 1.30. The minimum atomic E-state index is -0.905. The molecule has 0 amide bonds. The van der Waals surface area contributed by atoms with Crippen LogP contribution in [0.4, 0.5) is 0 Å². The second-order valence-electron chi connectivity index (χ2n) is 3.82. The summed E-state index contributed by atoms with van der Waals surface area (Å²) < 4.78 is 0. The molecule has 5 heteroatoms. The second kappa shape index (κ2) is 4.28. The zero-order valence-electron chi connectivity index (χ0n) is 8.40. The van der Waals surface area contributed by atoms with Crippen molar-refractivity contribution >= 4 is 17.3 Å². The third-order valence-corrected chi connectivity index (χ3v) is 4.05. The quantitative estimate of drug-likeness (QED) is 0.826. The van der Waals surface area contributed by atoms with Crippen LogP contribution in [0.5, 0.6) is 0 Å². The van der Waals surface area contributed by atoms with Crippen LogP contribution in [0, 0.1) is 0 Å². The van der Waals surface area contributed by atoms with E-state index in [1.165, 1.54) is 24.2 Å². The van der Waals surface area contributed by atoms with Crippen LogP contribution in [-0.2, 0) is 6.54 Å². The SMILES string of the molecule is NCc1nc(C2CCCC2)sc1C(=O)O. The Labute approximate surface area is 92.1 Å². The second-order valence-corrected chi connectivity index (χ2v) is 4.85. The molecule has 2 rings (SSSR count). The highest BCUT2D eigenvalue weighted by Crippen LogP contribution is 2.37. The highest BCUT2D eigenvalue weighted by molar-refractivity contribution is 7.13. The molecule has 15 heavy (non-hydrogen) atoms. The number of thiazole rings is 1. The summed E-state index contributed by atoms with van der Waals surface area (Å²) in [4.78, 5) is 15.6. The molecule has 0 aromatic carbocycles. The number of carbonyl (C=O) groups is 1. The predicted molar refractivity (Wildman–Crippen MR) is 58.2 cm³/mol. The Morgan fingerprint density at radius 3 is 2.67 bits per heavy atom. The van der Waals surface area contributed by atoms with Gasteiger partial charge in [-0.15, -0.1) is 11.3 Å². The molecule has 0 spiro atoms. The Morgan fingerprint density at radius 1 is 1.53 bits per heavy atom. The number of rotatable bonds is 3. The van der Waals surface area contributed by atoms with E-state index in [0.29, 0.717) is 16.5 Å². The first-order valence-electron chi connectivity index (χ1n) is 5.15. The van der Waals surface area contributed by atoms with Crippen LogP contribution in [0.25, 0.3) is 0 Å². The van der Waals surface area contributed by atoms with Gasteiger partial charge < -0.3 is 10.8 Å². The van der Waals surface area contributed by atoms with Gasteiger partial charge in [-0.05, 0) is 12.8 Å². The molecule has 0 unspecified atom stereocenters. The van der Waals surface area contributed by atoms with E-state index in [1.54, 1.807) is 0 Å². The number of hydrogen-bond acceptors (Lipinski definition) is 4. The number of nitrogens with zero attached hydrogens (tertiary/aromatic N) is 1. The molecule has 4 nitrogen and oxygen atoms in total. The standard InChI is InChI=1S/C10H14N2O2S/c11-5-7-8(10(13)14)15-9(12-7)6-3-1-2-4-6/h6H,1-5,11H2,(H,13,14). The Balaban J connectivity index is 2.29. The van der Waals surface area contributed by atoms with Gasteiger partial charge in [0.25, 0.3) is 0 Å². The van der Waals surface area contributed by atoms with Crippen LogP contribution >= 0.6 is 11.3 Å². The fraction of sp³-hybridized carbons (Fsp3) is 0.600. The lowest BCUT2D eigenvalue weighted by molar-refractivity contribution is 0.0700. The molecule has 1 fully saturated rings. The van der Waals surface area contributed by atoms with E-state index in [0.717, 1.165) is 17.8 Å². The Hall–Kier alpha value is -0.940. The van der Waals surface area contributed by atoms with E-state index in [1.807, 2.05) is 0 Å². The summed E-state index contributed by atoms with van der Waals surface area (Å²) in [7, 11) is 0. The third-order valence-electron chi connectivity index (χ3n) is 2.81. The normalized spacial score (nSPS) is 17.1. The molecule has 0 saturated heterocycles. The maximum atomic E-state index is 10.9. The number of carboxylic acid groups (broad SMARTS) is 1. The lowest BCUT2D eigenvalue weighted by Crippen LogP contribution is -2.04. The zero-order valence-corrected chi connectivity index (χ0v) is 9.22. The molecule has 1 saturated carbocycles. The Bertz CT molecular complexity index is 369. The average molecular weight is 226 g/mol. The van der Waals surface area contributed by atoms with Crippen LogP contribution in [-0.4, -0.2) is 16.1 Å². The molecule has 1 aliphatic rings. The molecule has 0 atom stereocenters. The minimum Gasteiger partial charge on any atom is -0.477 e. The van der Waals surface area contributed by atoms with Gasteiger partial charge in [0.05, 0.1) is 10.7 Å². The van der Waals surface area contributed by atoms with Crippen molar-refractivity contribution in [2.75, 3.05) is 0 Å². The summed E-state index contributed by atoms with van der Waals surface area (Å²) in [5, 5.41) is 9.93. The van der Waals surface area contributed by atoms with Crippen LogP contribution in [0.15, 0.2) is 0 Å². The predicted octanol–water partition coefficient (Wildman–Crippen LogP) is 1.96. The van der Waals surface area contributed by atoms with E-state index in [-0.39, 0.29) is 6.54 Å². The molecule has 0 radical (unpaired) electrons. The van der Waals surface area contributed by atoms with Crippen LogP contribution in [0.1, 0.15) is 52.0 Å². The van der Waals surface area contributed by atoms with Crippen molar-refractivity contribution in [3.05, 3.63) is 15.6 Å². The van der Waals surface area contributed by atoms with Crippen molar-refractivity contribution in [1.29, 1.82) is 0 Å².